The average Bonchev–Trinajstić information content (AvgIpc) is 3.40. The molecule has 28 heavy (non-hydrogen) atoms. The fourth-order valence-electron chi connectivity index (χ4n) is 4.36. The third-order valence-electron chi connectivity index (χ3n) is 6.08. The van der Waals surface area contributed by atoms with Crippen molar-refractivity contribution in [3.05, 3.63) is 30.7 Å². The van der Waals surface area contributed by atoms with Gasteiger partial charge in [-0.15, -0.1) is 0 Å². The van der Waals surface area contributed by atoms with Gasteiger partial charge in [-0.25, -0.2) is 4.79 Å². The van der Waals surface area contributed by atoms with Crippen LogP contribution in [0.15, 0.2) is 24.3 Å². The Labute approximate surface area is 164 Å². The molecule has 0 saturated carbocycles. The van der Waals surface area contributed by atoms with E-state index in [0.717, 1.165) is 31.6 Å². The standard InChI is InChI=1S/C20H26N5O3/c1-22(17(26)13-23-10-2-3-11-23)15-5-7-16(8-6-15)24-14-20(18(21)27)9-4-12-25(20)19(24)28/h5-9H,2-4,10-14H2,1H3,(H2,21,27)/t20-/m1/s1. The number of anilines is 2. The molecule has 0 bridgehead atoms. The molecular formula is C20H26N5O3. The van der Waals surface area contributed by atoms with E-state index >= 15 is 0 Å². The molecule has 8 heteroatoms. The smallest absolute Gasteiger partial charge is 0.325 e. The third kappa shape index (κ3) is 3.01. The summed E-state index contributed by atoms with van der Waals surface area (Å²) in [6.45, 7) is 3.11. The minimum absolute atomic E-state index is 0.0508. The summed E-state index contributed by atoms with van der Waals surface area (Å²) in [7, 11) is 1.77. The highest BCUT2D eigenvalue weighted by Gasteiger charge is 2.56. The molecule has 4 rings (SSSR count). The maximum Gasteiger partial charge on any atom is 0.325 e. The van der Waals surface area contributed by atoms with Crippen LogP contribution in [0.1, 0.15) is 19.3 Å². The number of fused-ring (bicyclic) bond motifs is 1. The lowest BCUT2D eigenvalue weighted by Crippen LogP contribution is -2.53. The van der Waals surface area contributed by atoms with Crippen molar-refractivity contribution < 1.29 is 14.4 Å². The van der Waals surface area contributed by atoms with Gasteiger partial charge in [0.2, 0.25) is 11.8 Å². The first-order valence-corrected chi connectivity index (χ1v) is 9.75. The number of hydrogen-bond donors (Lipinski definition) is 1. The number of likely N-dealkylation sites (N-methyl/N-ethyl adjacent to an activating group) is 1. The zero-order valence-corrected chi connectivity index (χ0v) is 16.1. The average molecular weight is 384 g/mol. The highest BCUT2D eigenvalue weighted by atomic mass is 16.2. The van der Waals surface area contributed by atoms with E-state index in [1.807, 2.05) is 30.7 Å². The largest absolute Gasteiger partial charge is 0.368 e. The second-order valence-electron chi connectivity index (χ2n) is 7.75. The Kier molecular flexibility index (Phi) is 4.74. The van der Waals surface area contributed by atoms with Crippen molar-refractivity contribution in [1.29, 1.82) is 0 Å². The Morgan fingerprint density at radius 2 is 1.82 bits per heavy atom. The Balaban J connectivity index is 1.47. The first kappa shape index (κ1) is 18.7. The zero-order valence-electron chi connectivity index (χ0n) is 16.1. The van der Waals surface area contributed by atoms with Gasteiger partial charge in [0.15, 0.2) is 0 Å². The van der Waals surface area contributed by atoms with Gasteiger partial charge in [-0.1, -0.05) is 0 Å². The molecule has 3 fully saturated rings. The number of likely N-dealkylation sites (tertiary alicyclic amines) is 1. The molecule has 3 aliphatic rings. The predicted molar refractivity (Wildman–Crippen MR) is 106 cm³/mol. The van der Waals surface area contributed by atoms with Gasteiger partial charge in [0.25, 0.3) is 0 Å². The molecule has 1 atom stereocenters. The van der Waals surface area contributed by atoms with Gasteiger partial charge in [0, 0.05) is 31.4 Å². The molecule has 2 N–H and O–H groups in total. The van der Waals surface area contributed by atoms with Crippen LogP contribution >= 0.6 is 0 Å². The van der Waals surface area contributed by atoms with E-state index in [4.69, 9.17) is 5.73 Å². The van der Waals surface area contributed by atoms with E-state index in [2.05, 4.69) is 4.90 Å². The summed E-state index contributed by atoms with van der Waals surface area (Å²) < 4.78 is 0. The third-order valence-corrected chi connectivity index (χ3v) is 6.08. The van der Waals surface area contributed by atoms with E-state index in [0.29, 0.717) is 25.2 Å². The van der Waals surface area contributed by atoms with Gasteiger partial charge in [-0.3, -0.25) is 19.4 Å². The molecule has 3 aliphatic heterocycles. The quantitative estimate of drug-likeness (QED) is 0.814. The summed E-state index contributed by atoms with van der Waals surface area (Å²) in [6.07, 6.45) is 4.81. The van der Waals surface area contributed by atoms with Crippen molar-refractivity contribution in [2.24, 2.45) is 5.73 Å². The second-order valence-corrected chi connectivity index (χ2v) is 7.75. The van der Waals surface area contributed by atoms with Crippen LogP contribution in [-0.2, 0) is 9.59 Å². The van der Waals surface area contributed by atoms with Gasteiger partial charge in [-0.05, 0) is 56.6 Å². The second kappa shape index (κ2) is 7.09. The topological polar surface area (TPSA) is 90.2 Å². The van der Waals surface area contributed by atoms with Crippen molar-refractivity contribution in [3.8, 4) is 0 Å². The summed E-state index contributed by atoms with van der Waals surface area (Å²) in [4.78, 5) is 44.2. The minimum Gasteiger partial charge on any atom is -0.368 e. The first-order valence-electron chi connectivity index (χ1n) is 9.75. The number of benzene rings is 1. The van der Waals surface area contributed by atoms with Gasteiger partial charge < -0.3 is 15.5 Å². The van der Waals surface area contributed by atoms with Crippen molar-refractivity contribution >= 4 is 29.2 Å². The molecule has 3 heterocycles. The Bertz CT molecular complexity index is 790. The molecule has 4 amide bonds. The van der Waals surface area contributed by atoms with E-state index in [-0.39, 0.29) is 18.5 Å². The van der Waals surface area contributed by atoms with Gasteiger partial charge in [0.05, 0.1) is 13.1 Å². The van der Waals surface area contributed by atoms with E-state index < -0.39 is 11.4 Å². The number of primary amides is 1. The molecule has 0 unspecified atom stereocenters. The maximum absolute atomic E-state index is 12.8. The SMILES string of the molecule is CN(C(=O)CN1CCCC1)c1ccc(N2C[C@@]3(C(N)=O)[CH]CCN3C2=O)cc1. The number of carbonyl (C=O) groups is 3. The van der Waals surface area contributed by atoms with E-state index in [1.165, 1.54) is 0 Å². The van der Waals surface area contributed by atoms with Crippen molar-refractivity contribution in [3.63, 3.8) is 0 Å². The van der Waals surface area contributed by atoms with Crippen molar-refractivity contribution in [1.82, 2.24) is 9.80 Å². The Morgan fingerprint density at radius 3 is 2.43 bits per heavy atom. The van der Waals surface area contributed by atoms with E-state index in [1.54, 1.807) is 21.7 Å². The number of nitrogens with zero attached hydrogens (tertiary/aromatic N) is 4. The fraction of sp³-hybridized carbons (Fsp3) is 0.500. The van der Waals surface area contributed by atoms with Crippen LogP contribution in [0, 0.1) is 6.42 Å². The van der Waals surface area contributed by atoms with Crippen LogP contribution in [-0.4, -0.2) is 73.0 Å². The van der Waals surface area contributed by atoms with Crippen LogP contribution in [0.3, 0.4) is 0 Å². The normalized spacial score (nSPS) is 24.7. The van der Waals surface area contributed by atoms with Gasteiger partial charge in [0.1, 0.15) is 5.54 Å². The molecular weight excluding hydrogens is 358 g/mol. The van der Waals surface area contributed by atoms with Crippen LogP contribution in [0.2, 0.25) is 0 Å². The molecule has 1 aromatic rings. The molecule has 8 nitrogen and oxygen atoms in total. The van der Waals surface area contributed by atoms with Crippen LogP contribution < -0.4 is 15.5 Å². The summed E-state index contributed by atoms with van der Waals surface area (Å²) >= 11 is 0. The summed E-state index contributed by atoms with van der Waals surface area (Å²) in [5.41, 5.74) is 6.05. The molecule has 1 aromatic carbocycles. The number of carbonyl (C=O) groups excluding carboxylic acids is 3. The lowest BCUT2D eigenvalue weighted by Gasteiger charge is -2.25. The van der Waals surface area contributed by atoms with Crippen molar-refractivity contribution in [2.45, 2.75) is 24.8 Å². The Morgan fingerprint density at radius 1 is 1.14 bits per heavy atom. The molecule has 149 valence electrons. The monoisotopic (exact) mass is 384 g/mol. The molecule has 0 aliphatic carbocycles. The summed E-state index contributed by atoms with van der Waals surface area (Å²) in [6, 6.07) is 7.06. The van der Waals surface area contributed by atoms with Crippen LogP contribution in [0.4, 0.5) is 16.2 Å². The van der Waals surface area contributed by atoms with Crippen LogP contribution in [0.5, 0.6) is 0 Å². The minimum atomic E-state index is -1.02. The van der Waals surface area contributed by atoms with Gasteiger partial charge in [-0.2, -0.15) is 0 Å². The zero-order chi connectivity index (χ0) is 19.9. The highest BCUT2D eigenvalue weighted by molar-refractivity contribution is 6.04. The fourth-order valence-corrected chi connectivity index (χ4v) is 4.36. The molecule has 0 aromatic heterocycles. The molecule has 3 saturated heterocycles. The number of amides is 4. The van der Waals surface area contributed by atoms with Gasteiger partial charge >= 0.3 is 6.03 Å². The van der Waals surface area contributed by atoms with Crippen LogP contribution in [0.25, 0.3) is 0 Å². The lowest BCUT2D eigenvalue weighted by atomic mass is 9.96. The Hall–Kier alpha value is -2.61. The van der Waals surface area contributed by atoms with Crippen molar-refractivity contribution in [2.75, 3.05) is 49.6 Å². The highest BCUT2D eigenvalue weighted by Crippen LogP contribution is 2.38. The maximum atomic E-state index is 12.8. The summed E-state index contributed by atoms with van der Waals surface area (Å²) in [5, 5.41) is 0. The van der Waals surface area contributed by atoms with E-state index in [9.17, 15) is 14.4 Å². The summed E-state index contributed by atoms with van der Waals surface area (Å²) in [5.74, 6) is -0.445. The number of urea groups is 1. The number of hydrogen-bond acceptors (Lipinski definition) is 4. The molecule has 0 spiro atoms. The number of rotatable bonds is 5. The first-order chi connectivity index (χ1) is 13.4. The molecule has 1 radical (unpaired) electrons. The number of nitrogens with two attached hydrogens (primary N) is 1. The predicted octanol–water partition coefficient (Wildman–Crippen LogP) is 0.819. The lowest BCUT2D eigenvalue weighted by molar-refractivity contribution is -0.124.